The second-order valence-electron chi connectivity index (χ2n) is 13.2. The standard InChI is InChI=1S/C36H45FN6O3/c1-8-32(44)39-28-18-29(31(45-7)19-30(28)43(6)16-15-42(4)5)40-35-38-20-27(37)34(41-35)33-25-12-10-9-11-23(25)17-24-13-14-36(2,3)22-46-21-26(24)33/h8-12,18-20,24H,1,13-17,21-22H2,2-7H3,(H,39,44)(H,38,40,41). The van der Waals surface area contributed by atoms with E-state index in [1.165, 1.54) is 17.8 Å². The predicted molar refractivity (Wildman–Crippen MR) is 182 cm³/mol. The lowest BCUT2D eigenvalue weighted by molar-refractivity contribution is -0.111. The minimum Gasteiger partial charge on any atom is -0.494 e. The number of nitrogens with zero attached hydrogens (tertiary/aromatic N) is 4. The first-order valence-electron chi connectivity index (χ1n) is 15.7. The molecule has 5 rings (SSSR count). The fourth-order valence-corrected chi connectivity index (χ4v) is 6.16. The summed E-state index contributed by atoms with van der Waals surface area (Å²) in [6.07, 6.45) is 5.32. The van der Waals surface area contributed by atoms with Crippen molar-refractivity contribution in [2.24, 2.45) is 11.3 Å². The molecule has 0 radical (unpaired) electrons. The van der Waals surface area contributed by atoms with Crippen LogP contribution in [0.25, 0.3) is 5.57 Å². The van der Waals surface area contributed by atoms with Gasteiger partial charge < -0.3 is 29.9 Å². The summed E-state index contributed by atoms with van der Waals surface area (Å²) in [5.41, 5.74) is 6.15. The number of ether oxygens (including phenoxy) is 2. The lowest BCUT2D eigenvalue weighted by Crippen LogP contribution is -2.29. The molecule has 2 N–H and O–H groups in total. The highest BCUT2D eigenvalue weighted by Crippen LogP contribution is 2.44. The van der Waals surface area contributed by atoms with Crippen molar-refractivity contribution in [3.8, 4) is 5.75 Å². The maximum atomic E-state index is 15.8. The number of fused-ring (bicyclic) bond motifs is 2. The van der Waals surface area contributed by atoms with Gasteiger partial charge in [0, 0.05) is 31.8 Å². The van der Waals surface area contributed by atoms with Crippen LogP contribution in [-0.2, 0) is 16.0 Å². The van der Waals surface area contributed by atoms with Gasteiger partial charge in [0.15, 0.2) is 5.82 Å². The van der Waals surface area contributed by atoms with Gasteiger partial charge in [0.25, 0.3) is 0 Å². The number of hydrogen-bond donors (Lipinski definition) is 2. The summed E-state index contributed by atoms with van der Waals surface area (Å²) in [5, 5.41) is 6.14. The van der Waals surface area contributed by atoms with Crippen LogP contribution >= 0.6 is 0 Å². The van der Waals surface area contributed by atoms with Crippen LogP contribution in [-0.4, -0.2) is 75.3 Å². The van der Waals surface area contributed by atoms with Gasteiger partial charge in [0.05, 0.1) is 43.6 Å². The first kappa shape index (κ1) is 33.1. The van der Waals surface area contributed by atoms with Crippen molar-refractivity contribution >= 4 is 34.5 Å². The molecular formula is C36H45FN6O3. The topological polar surface area (TPSA) is 91.8 Å². The second-order valence-corrected chi connectivity index (χ2v) is 13.2. The van der Waals surface area contributed by atoms with Gasteiger partial charge in [-0.05, 0) is 73.5 Å². The Bertz CT molecular complexity index is 1640. The summed E-state index contributed by atoms with van der Waals surface area (Å²) >= 11 is 0. The minimum atomic E-state index is -0.505. The van der Waals surface area contributed by atoms with Gasteiger partial charge in [-0.1, -0.05) is 44.7 Å². The van der Waals surface area contributed by atoms with Crippen LogP contribution in [0, 0.1) is 17.2 Å². The van der Waals surface area contributed by atoms with Gasteiger partial charge >= 0.3 is 0 Å². The van der Waals surface area contributed by atoms with Crippen LogP contribution in [0.1, 0.15) is 43.5 Å². The summed E-state index contributed by atoms with van der Waals surface area (Å²) in [6.45, 7) is 10.7. The number of carbonyl (C=O) groups is 1. The van der Waals surface area contributed by atoms with Crippen molar-refractivity contribution < 1.29 is 18.7 Å². The molecule has 1 aliphatic carbocycles. The first-order chi connectivity index (χ1) is 22.0. The molecular weight excluding hydrogens is 583 g/mol. The summed E-state index contributed by atoms with van der Waals surface area (Å²) in [4.78, 5) is 25.6. The molecule has 46 heavy (non-hydrogen) atoms. The van der Waals surface area contributed by atoms with E-state index in [2.05, 4.69) is 47.0 Å². The molecule has 1 atom stereocenters. The van der Waals surface area contributed by atoms with Crippen molar-refractivity contribution in [1.82, 2.24) is 14.9 Å². The third-order valence-corrected chi connectivity index (χ3v) is 8.77. The summed E-state index contributed by atoms with van der Waals surface area (Å²) < 4.78 is 27.8. The number of halogens is 1. The molecule has 3 aromatic rings. The Hall–Kier alpha value is -4.28. The van der Waals surface area contributed by atoms with Gasteiger partial charge in [0.2, 0.25) is 11.9 Å². The molecule has 2 aromatic carbocycles. The average molecular weight is 629 g/mol. The Morgan fingerprint density at radius 1 is 1.20 bits per heavy atom. The van der Waals surface area contributed by atoms with Crippen LogP contribution in [0.3, 0.4) is 0 Å². The van der Waals surface area contributed by atoms with E-state index < -0.39 is 5.82 Å². The van der Waals surface area contributed by atoms with E-state index in [1.807, 2.05) is 50.3 Å². The summed E-state index contributed by atoms with van der Waals surface area (Å²) in [6, 6.07) is 11.8. The fraction of sp³-hybridized carbons (Fsp3) is 0.417. The number of benzene rings is 2. The number of anilines is 4. The number of methoxy groups -OCH3 is 1. The van der Waals surface area contributed by atoms with E-state index >= 15 is 4.39 Å². The average Bonchev–Trinajstić information content (AvgIpc) is 3.02. The summed E-state index contributed by atoms with van der Waals surface area (Å²) in [7, 11) is 7.54. The van der Waals surface area contributed by atoms with E-state index in [0.717, 1.165) is 48.2 Å². The molecule has 1 saturated heterocycles. The second kappa shape index (κ2) is 14.0. The molecule has 1 aromatic heterocycles. The Kier molecular flexibility index (Phi) is 10.1. The molecule has 244 valence electrons. The molecule has 1 fully saturated rings. The molecule has 1 aliphatic heterocycles. The quantitative estimate of drug-likeness (QED) is 0.253. The van der Waals surface area contributed by atoms with Crippen LogP contribution in [0.2, 0.25) is 0 Å². The van der Waals surface area contributed by atoms with Crippen LogP contribution in [0.15, 0.2) is 60.8 Å². The Morgan fingerprint density at radius 3 is 2.72 bits per heavy atom. The van der Waals surface area contributed by atoms with Gasteiger partial charge in [-0.15, -0.1) is 0 Å². The van der Waals surface area contributed by atoms with Gasteiger partial charge in [-0.2, -0.15) is 0 Å². The van der Waals surface area contributed by atoms with Gasteiger partial charge in [-0.25, -0.2) is 14.4 Å². The Balaban J connectivity index is 1.56. The molecule has 0 bridgehead atoms. The molecule has 2 aliphatic rings. The van der Waals surface area contributed by atoms with E-state index in [9.17, 15) is 4.79 Å². The highest BCUT2D eigenvalue weighted by molar-refractivity contribution is 6.02. The summed E-state index contributed by atoms with van der Waals surface area (Å²) in [5.74, 6) is 0.0874. The largest absolute Gasteiger partial charge is 0.494 e. The Labute approximate surface area is 271 Å². The minimum absolute atomic E-state index is 0.0830. The van der Waals surface area contributed by atoms with Crippen molar-refractivity contribution in [3.63, 3.8) is 0 Å². The lowest BCUT2D eigenvalue weighted by atomic mass is 9.73. The molecule has 0 spiro atoms. The molecule has 10 heteroatoms. The van der Waals surface area contributed by atoms with Crippen molar-refractivity contribution in [2.45, 2.75) is 33.1 Å². The lowest BCUT2D eigenvalue weighted by Gasteiger charge is -2.36. The number of hydrogen-bond acceptors (Lipinski definition) is 8. The Morgan fingerprint density at radius 2 is 1.98 bits per heavy atom. The maximum absolute atomic E-state index is 15.8. The molecule has 1 unspecified atom stereocenters. The molecule has 9 nitrogen and oxygen atoms in total. The number of rotatable bonds is 10. The van der Waals surface area contributed by atoms with Crippen molar-refractivity contribution in [2.75, 3.05) is 70.1 Å². The highest BCUT2D eigenvalue weighted by atomic mass is 19.1. The number of amides is 1. The predicted octanol–water partition coefficient (Wildman–Crippen LogP) is 6.30. The fourth-order valence-electron chi connectivity index (χ4n) is 6.16. The SMILES string of the molecule is C=CC(=O)Nc1cc(Nc2ncc(F)c(C3=C4COCC(C)(C)CCC4Cc4ccccc43)n2)c(OC)cc1N(C)CCN(C)C. The zero-order valence-electron chi connectivity index (χ0n) is 27.7. The van der Waals surface area contributed by atoms with Crippen molar-refractivity contribution in [1.29, 1.82) is 0 Å². The smallest absolute Gasteiger partial charge is 0.247 e. The van der Waals surface area contributed by atoms with E-state index in [4.69, 9.17) is 14.5 Å². The normalized spacial score (nSPS) is 17.3. The highest BCUT2D eigenvalue weighted by Gasteiger charge is 2.34. The number of nitrogens with one attached hydrogen (secondary N) is 2. The molecule has 2 heterocycles. The maximum Gasteiger partial charge on any atom is 0.247 e. The third kappa shape index (κ3) is 7.40. The number of aromatic nitrogens is 2. The van der Waals surface area contributed by atoms with E-state index in [-0.39, 0.29) is 28.9 Å². The number of carbonyl (C=O) groups excluding carboxylic acids is 1. The zero-order valence-corrected chi connectivity index (χ0v) is 27.7. The van der Waals surface area contributed by atoms with Crippen molar-refractivity contribution in [3.05, 3.63) is 83.5 Å². The first-order valence-corrected chi connectivity index (χ1v) is 15.7. The molecule has 0 saturated carbocycles. The van der Waals surface area contributed by atoms with Gasteiger partial charge in [0.1, 0.15) is 11.4 Å². The van der Waals surface area contributed by atoms with E-state index in [1.54, 1.807) is 13.2 Å². The third-order valence-electron chi connectivity index (χ3n) is 8.77. The monoisotopic (exact) mass is 628 g/mol. The number of likely N-dealkylation sites (N-methyl/N-ethyl adjacent to an activating group) is 2. The zero-order chi connectivity index (χ0) is 33.0. The van der Waals surface area contributed by atoms with Gasteiger partial charge in [-0.3, -0.25) is 4.79 Å². The van der Waals surface area contributed by atoms with Crippen LogP contribution in [0.5, 0.6) is 5.75 Å². The van der Waals surface area contributed by atoms with E-state index in [0.29, 0.717) is 36.9 Å². The molecule has 1 amide bonds. The van der Waals surface area contributed by atoms with Crippen LogP contribution in [0.4, 0.5) is 27.4 Å². The van der Waals surface area contributed by atoms with Crippen LogP contribution < -0.4 is 20.3 Å².